The smallest absolute Gasteiger partial charge is 0.157 e. The summed E-state index contributed by atoms with van der Waals surface area (Å²) in [5.74, 6) is -0.104. The van der Waals surface area contributed by atoms with Gasteiger partial charge in [0.25, 0.3) is 0 Å². The summed E-state index contributed by atoms with van der Waals surface area (Å²) in [6.45, 7) is 6.89. The number of Topliss-reactive ketones (excluding diaryl/α,β-unsaturated/α-hetero) is 1. The fraction of sp³-hybridized carbons (Fsp3) is 0.875. The minimum atomic E-state index is -0.762. The van der Waals surface area contributed by atoms with Crippen molar-refractivity contribution < 1.29 is 9.90 Å². The average molecular weight is 159 g/mol. The largest absolute Gasteiger partial charge is 0.391 e. The van der Waals surface area contributed by atoms with E-state index in [2.05, 4.69) is 0 Å². The molecule has 0 aliphatic carbocycles. The second-order valence-corrected chi connectivity index (χ2v) is 3.88. The molecule has 0 saturated heterocycles. The third kappa shape index (κ3) is 2.99. The van der Waals surface area contributed by atoms with Gasteiger partial charge in [-0.05, 0) is 6.92 Å². The van der Waals surface area contributed by atoms with E-state index in [0.717, 1.165) is 0 Å². The summed E-state index contributed by atoms with van der Waals surface area (Å²) in [4.78, 5) is 11.3. The summed E-state index contributed by atoms with van der Waals surface area (Å²) in [6.07, 6.45) is -0.762. The third-order valence-corrected chi connectivity index (χ3v) is 1.56. The Morgan fingerprint density at radius 3 is 1.91 bits per heavy atom. The van der Waals surface area contributed by atoms with Gasteiger partial charge in [-0.3, -0.25) is 4.79 Å². The van der Waals surface area contributed by atoms with E-state index in [1.807, 2.05) is 0 Å². The first kappa shape index (κ1) is 10.6. The van der Waals surface area contributed by atoms with E-state index in [9.17, 15) is 4.79 Å². The Morgan fingerprint density at radius 1 is 1.45 bits per heavy atom. The van der Waals surface area contributed by atoms with Crippen LogP contribution >= 0.6 is 0 Å². The number of hydrogen-bond acceptors (Lipinski definition) is 3. The van der Waals surface area contributed by atoms with Crippen molar-refractivity contribution in [3.05, 3.63) is 0 Å². The van der Waals surface area contributed by atoms with E-state index in [1.165, 1.54) is 6.92 Å². The molecule has 0 saturated carbocycles. The summed E-state index contributed by atoms with van der Waals surface area (Å²) in [5.41, 5.74) is 4.98. The monoisotopic (exact) mass is 159 g/mol. The van der Waals surface area contributed by atoms with Crippen molar-refractivity contribution in [3.63, 3.8) is 0 Å². The van der Waals surface area contributed by atoms with Gasteiger partial charge < -0.3 is 10.8 Å². The molecule has 0 fully saturated rings. The molecule has 0 bridgehead atoms. The van der Waals surface area contributed by atoms with Crippen molar-refractivity contribution >= 4 is 5.78 Å². The molecule has 0 unspecified atom stereocenters. The maximum Gasteiger partial charge on any atom is 0.157 e. The van der Waals surface area contributed by atoms with Crippen LogP contribution < -0.4 is 5.73 Å². The summed E-state index contributed by atoms with van der Waals surface area (Å²) < 4.78 is 0. The molecular formula is C8H17NO2. The molecule has 0 aromatic heterocycles. The van der Waals surface area contributed by atoms with Gasteiger partial charge in [-0.2, -0.15) is 0 Å². The lowest BCUT2D eigenvalue weighted by Crippen LogP contribution is -2.45. The molecule has 0 aliphatic heterocycles. The number of aliphatic hydroxyl groups is 1. The highest BCUT2D eigenvalue weighted by Gasteiger charge is 2.29. The highest BCUT2D eigenvalue weighted by molar-refractivity contribution is 5.88. The zero-order valence-corrected chi connectivity index (χ0v) is 7.59. The van der Waals surface area contributed by atoms with Crippen LogP contribution in [-0.2, 0) is 4.79 Å². The van der Waals surface area contributed by atoms with Gasteiger partial charge in [-0.25, -0.2) is 0 Å². The van der Waals surface area contributed by atoms with Gasteiger partial charge in [0.1, 0.15) is 0 Å². The van der Waals surface area contributed by atoms with Gasteiger partial charge in [0.15, 0.2) is 5.78 Å². The van der Waals surface area contributed by atoms with Crippen LogP contribution in [0.5, 0.6) is 0 Å². The van der Waals surface area contributed by atoms with Crippen LogP contribution in [0, 0.1) is 5.41 Å². The molecule has 0 heterocycles. The van der Waals surface area contributed by atoms with Crippen molar-refractivity contribution in [2.75, 3.05) is 0 Å². The van der Waals surface area contributed by atoms with Gasteiger partial charge >= 0.3 is 0 Å². The van der Waals surface area contributed by atoms with E-state index in [4.69, 9.17) is 10.8 Å². The van der Waals surface area contributed by atoms with E-state index in [1.54, 1.807) is 20.8 Å². The first-order valence-electron chi connectivity index (χ1n) is 3.75. The van der Waals surface area contributed by atoms with Gasteiger partial charge in [0.05, 0.1) is 12.1 Å². The molecule has 3 N–H and O–H groups in total. The zero-order chi connectivity index (χ0) is 9.23. The standard InChI is InChI=1S/C8H17NO2/c1-5(10)6(9)7(11)8(2,3)4/h5-6,10H,9H2,1-4H3/t5-,6+/m1/s1. The Hall–Kier alpha value is -0.410. The lowest BCUT2D eigenvalue weighted by Gasteiger charge is -2.23. The van der Waals surface area contributed by atoms with Gasteiger partial charge in [0.2, 0.25) is 0 Å². The third-order valence-electron chi connectivity index (χ3n) is 1.56. The fourth-order valence-electron chi connectivity index (χ4n) is 0.719. The second-order valence-electron chi connectivity index (χ2n) is 3.88. The molecule has 11 heavy (non-hydrogen) atoms. The Balaban J connectivity index is 4.26. The molecule has 0 aromatic carbocycles. The molecule has 3 nitrogen and oxygen atoms in total. The molecular weight excluding hydrogens is 142 g/mol. The maximum atomic E-state index is 11.3. The number of carbonyl (C=O) groups is 1. The Morgan fingerprint density at radius 2 is 1.82 bits per heavy atom. The Bertz CT molecular complexity index is 147. The Labute approximate surface area is 67.6 Å². The van der Waals surface area contributed by atoms with Crippen LogP contribution in [0.15, 0.2) is 0 Å². The number of hydrogen-bond donors (Lipinski definition) is 2. The van der Waals surface area contributed by atoms with Crippen molar-refractivity contribution in [1.29, 1.82) is 0 Å². The van der Waals surface area contributed by atoms with Gasteiger partial charge in [-0.1, -0.05) is 20.8 Å². The first-order chi connectivity index (χ1) is 4.76. The number of ketones is 1. The maximum absolute atomic E-state index is 11.3. The van der Waals surface area contributed by atoms with E-state index < -0.39 is 17.6 Å². The summed E-state index contributed by atoms with van der Waals surface area (Å²) in [6, 6.07) is -0.755. The van der Waals surface area contributed by atoms with E-state index in [0.29, 0.717) is 0 Å². The molecule has 0 aliphatic rings. The molecule has 2 atom stereocenters. The fourth-order valence-corrected chi connectivity index (χ4v) is 0.719. The number of aliphatic hydroxyl groups excluding tert-OH is 1. The molecule has 0 radical (unpaired) electrons. The van der Waals surface area contributed by atoms with Crippen molar-refractivity contribution in [2.45, 2.75) is 39.8 Å². The van der Waals surface area contributed by atoms with Gasteiger partial charge in [0, 0.05) is 5.41 Å². The SMILES string of the molecule is C[C@@H](O)[C@H](N)C(=O)C(C)(C)C. The summed E-state index contributed by atoms with van der Waals surface area (Å²) in [5, 5.41) is 9.01. The van der Waals surface area contributed by atoms with Crippen molar-refractivity contribution in [2.24, 2.45) is 11.1 Å². The second kappa shape index (κ2) is 3.32. The molecule has 0 aromatic rings. The number of nitrogens with two attached hydrogens (primary N) is 1. The van der Waals surface area contributed by atoms with Crippen LogP contribution in [0.25, 0.3) is 0 Å². The number of rotatable bonds is 2. The van der Waals surface area contributed by atoms with E-state index >= 15 is 0 Å². The van der Waals surface area contributed by atoms with Crippen LogP contribution in [0.2, 0.25) is 0 Å². The average Bonchev–Trinajstić information content (AvgIpc) is 1.82. The molecule has 0 rings (SSSR count). The highest BCUT2D eigenvalue weighted by atomic mass is 16.3. The lowest BCUT2D eigenvalue weighted by molar-refractivity contribution is -0.129. The van der Waals surface area contributed by atoms with Crippen molar-refractivity contribution in [3.8, 4) is 0 Å². The van der Waals surface area contributed by atoms with Crippen molar-refractivity contribution in [1.82, 2.24) is 0 Å². The lowest BCUT2D eigenvalue weighted by atomic mass is 9.85. The van der Waals surface area contributed by atoms with Crippen LogP contribution in [0.4, 0.5) is 0 Å². The molecule has 66 valence electrons. The molecule has 0 amide bonds. The van der Waals surface area contributed by atoms with E-state index in [-0.39, 0.29) is 5.78 Å². The normalized spacial score (nSPS) is 17.6. The molecule has 0 spiro atoms. The number of carbonyl (C=O) groups excluding carboxylic acids is 1. The van der Waals surface area contributed by atoms with Crippen LogP contribution in [0.3, 0.4) is 0 Å². The topological polar surface area (TPSA) is 63.3 Å². The quantitative estimate of drug-likeness (QED) is 0.609. The predicted molar refractivity (Wildman–Crippen MR) is 44.1 cm³/mol. The minimum Gasteiger partial charge on any atom is -0.391 e. The summed E-state index contributed by atoms with van der Waals surface area (Å²) in [7, 11) is 0. The predicted octanol–water partition coefficient (Wildman–Crippen LogP) is 0.310. The Kier molecular flexibility index (Phi) is 3.20. The zero-order valence-electron chi connectivity index (χ0n) is 7.59. The first-order valence-corrected chi connectivity index (χ1v) is 3.75. The highest BCUT2D eigenvalue weighted by Crippen LogP contribution is 2.16. The summed E-state index contributed by atoms with van der Waals surface area (Å²) >= 11 is 0. The molecule has 3 heteroatoms. The van der Waals surface area contributed by atoms with Crippen LogP contribution in [-0.4, -0.2) is 23.0 Å². The minimum absolute atomic E-state index is 0.104. The van der Waals surface area contributed by atoms with Gasteiger partial charge in [-0.15, -0.1) is 0 Å². The van der Waals surface area contributed by atoms with Crippen LogP contribution in [0.1, 0.15) is 27.7 Å².